The number of nitrogens with zero attached hydrogens (tertiary/aromatic N) is 5. The number of carbonyl (C=O) groups is 1. The smallest absolute Gasteiger partial charge is 0.243 e. The van der Waals surface area contributed by atoms with E-state index < -0.39 is 6.04 Å². The molecule has 2 aromatic heterocycles. The number of hydrogen-bond acceptors (Lipinski definition) is 5. The molecule has 7 nitrogen and oxygen atoms in total. The van der Waals surface area contributed by atoms with Gasteiger partial charge in [0.1, 0.15) is 12.4 Å². The van der Waals surface area contributed by atoms with Crippen molar-refractivity contribution in [2.45, 2.75) is 38.6 Å². The maximum atomic E-state index is 13.3. The molecule has 162 valence electrons. The fourth-order valence-corrected chi connectivity index (χ4v) is 4.08. The summed E-state index contributed by atoms with van der Waals surface area (Å²) >= 11 is 5.96. The Morgan fingerprint density at radius 3 is 2.65 bits per heavy atom. The van der Waals surface area contributed by atoms with Gasteiger partial charge in [-0.3, -0.25) is 14.3 Å². The fourth-order valence-electron chi connectivity index (χ4n) is 3.95. The van der Waals surface area contributed by atoms with E-state index in [1.165, 1.54) is 6.42 Å². The van der Waals surface area contributed by atoms with Gasteiger partial charge < -0.3 is 5.32 Å². The first-order chi connectivity index (χ1) is 15.1. The normalized spacial score (nSPS) is 15.5. The van der Waals surface area contributed by atoms with Crippen LogP contribution in [0.1, 0.15) is 42.3 Å². The number of halogens is 1. The number of carbonyl (C=O) groups excluding carboxylic acids is 1. The third kappa shape index (κ3) is 5.48. The Balaban J connectivity index is 1.54. The topological polar surface area (TPSA) is 75.9 Å². The Kier molecular flexibility index (Phi) is 6.94. The van der Waals surface area contributed by atoms with Gasteiger partial charge in [0.25, 0.3) is 0 Å². The van der Waals surface area contributed by atoms with Gasteiger partial charge in [0.15, 0.2) is 0 Å². The van der Waals surface area contributed by atoms with Crippen molar-refractivity contribution in [2.24, 2.45) is 0 Å². The first-order valence-electron chi connectivity index (χ1n) is 10.7. The van der Waals surface area contributed by atoms with E-state index in [1.807, 2.05) is 37.3 Å². The molecule has 0 aliphatic carbocycles. The van der Waals surface area contributed by atoms with E-state index in [1.54, 1.807) is 23.3 Å². The lowest BCUT2D eigenvalue weighted by molar-refractivity contribution is -0.127. The van der Waals surface area contributed by atoms with Crippen molar-refractivity contribution in [1.29, 1.82) is 0 Å². The first kappa shape index (κ1) is 21.5. The zero-order valence-corrected chi connectivity index (χ0v) is 18.4. The summed E-state index contributed by atoms with van der Waals surface area (Å²) in [7, 11) is 0. The lowest BCUT2D eigenvalue weighted by atomic mass is 10.0. The minimum atomic E-state index is -0.436. The molecule has 0 spiro atoms. The van der Waals surface area contributed by atoms with Gasteiger partial charge in [-0.15, -0.1) is 0 Å². The highest BCUT2D eigenvalue weighted by molar-refractivity contribution is 6.30. The van der Waals surface area contributed by atoms with Gasteiger partial charge >= 0.3 is 0 Å². The molecule has 31 heavy (non-hydrogen) atoms. The summed E-state index contributed by atoms with van der Waals surface area (Å²) in [5, 5.41) is 3.84. The highest BCUT2D eigenvalue weighted by atomic mass is 35.5. The summed E-state index contributed by atoms with van der Waals surface area (Å²) in [6, 6.07) is 9.20. The zero-order chi connectivity index (χ0) is 21.6. The third-order valence-corrected chi connectivity index (χ3v) is 5.76. The molecule has 0 bridgehead atoms. The third-order valence-electron chi connectivity index (χ3n) is 5.51. The SMILES string of the molecule is Cc1cc(C(C(=O)NCCc2ccc(Cl)cc2)N2CCCCC2)nc(-n2ccnc2)n1. The number of amides is 1. The Morgan fingerprint density at radius 2 is 1.94 bits per heavy atom. The Bertz CT molecular complexity index is 999. The number of piperidine rings is 1. The maximum absolute atomic E-state index is 13.3. The monoisotopic (exact) mass is 438 g/mol. The lowest BCUT2D eigenvalue weighted by Crippen LogP contribution is -2.44. The number of hydrogen-bond donors (Lipinski definition) is 1. The number of benzene rings is 1. The first-order valence-corrected chi connectivity index (χ1v) is 11.1. The molecule has 3 aromatic rings. The van der Waals surface area contributed by atoms with Gasteiger partial charge in [-0.2, -0.15) is 0 Å². The van der Waals surface area contributed by atoms with Gasteiger partial charge in [0.2, 0.25) is 11.9 Å². The number of aryl methyl sites for hydroxylation is 1. The van der Waals surface area contributed by atoms with Crippen molar-refractivity contribution < 1.29 is 4.79 Å². The van der Waals surface area contributed by atoms with E-state index >= 15 is 0 Å². The number of nitrogens with one attached hydrogen (secondary N) is 1. The minimum Gasteiger partial charge on any atom is -0.354 e. The minimum absolute atomic E-state index is 0.0226. The summed E-state index contributed by atoms with van der Waals surface area (Å²) in [6.07, 6.45) is 9.29. The average molecular weight is 439 g/mol. The van der Waals surface area contributed by atoms with Crippen molar-refractivity contribution >= 4 is 17.5 Å². The molecule has 1 unspecified atom stereocenters. The molecule has 1 amide bonds. The Labute approximate surface area is 187 Å². The van der Waals surface area contributed by atoms with Crippen molar-refractivity contribution in [3.05, 3.63) is 71.0 Å². The van der Waals surface area contributed by atoms with E-state index in [0.29, 0.717) is 17.5 Å². The number of aromatic nitrogens is 4. The predicted octanol–water partition coefficient (Wildman–Crippen LogP) is 3.51. The van der Waals surface area contributed by atoms with E-state index in [-0.39, 0.29) is 5.91 Å². The second-order valence-electron chi connectivity index (χ2n) is 7.87. The molecule has 8 heteroatoms. The Hall–Kier alpha value is -2.77. The van der Waals surface area contributed by atoms with E-state index in [0.717, 1.165) is 49.3 Å². The van der Waals surface area contributed by atoms with Gasteiger partial charge in [0.05, 0.1) is 5.69 Å². The predicted molar refractivity (Wildman–Crippen MR) is 120 cm³/mol. The van der Waals surface area contributed by atoms with Crippen LogP contribution in [0.25, 0.3) is 5.95 Å². The number of rotatable bonds is 7. The van der Waals surface area contributed by atoms with Gasteiger partial charge in [-0.25, -0.2) is 15.0 Å². The van der Waals surface area contributed by atoms with Crippen molar-refractivity contribution in [1.82, 2.24) is 29.7 Å². The second kappa shape index (κ2) is 10.0. The molecule has 1 N–H and O–H groups in total. The summed E-state index contributed by atoms with van der Waals surface area (Å²) < 4.78 is 1.77. The molecule has 1 aromatic carbocycles. The quantitative estimate of drug-likeness (QED) is 0.610. The summed E-state index contributed by atoms with van der Waals surface area (Å²) in [4.78, 5) is 28.9. The molecular formula is C23H27ClN6O. The number of imidazole rings is 1. The van der Waals surface area contributed by atoms with Crippen LogP contribution in [0.3, 0.4) is 0 Å². The van der Waals surface area contributed by atoms with E-state index in [4.69, 9.17) is 16.6 Å². The summed E-state index contributed by atoms with van der Waals surface area (Å²) in [6.45, 7) is 4.26. The largest absolute Gasteiger partial charge is 0.354 e. The lowest BCUT2D eigenvalue weighted by Gasteiger charge is -2.33. The molecule has 1 saturated heterocycles. The van der Waals surface area contributed by atoms with Crippen LogP contribution in [0.5, 0.6) is 0 Å². The second-order valence-corrected chi connectivity index (χ2v) is 8.31. The van der Waals surface area contributed by atoms with Crippen LogP contribution in [0.4, 0.5) is 0 Å². The highest BCUT2D eigenvalue weighted by Crippen LogP contribution is 2.25. The zero-order valence-electron chi connectivity index (χ0n) is 17.7. The van der Waals surface area contributed by atoms with Gasteiger partial charge in [0, 0.05) is 29.7 Å². The Morgan fingerprint density at radius 1 is 1.16 bits per heavy atom. The molecular weight excluding hydrogens is 412 g/mol. The molecule has 1 aliphatic heterocycles. The molecule has 1 aliphatic rings. The van der Waals surface area contributed by atoms with Crippen LogP contribution in [0, 0.1) is 6.92 Å². The van der Waals surface area contributed by atoms with Crippen LogP contribution in [-0.4, -0.2) is 50.0 Å². The molecule has 4 rings (SSSR count). The summed E-state index contributed by atoms with van der Waals surface area (Å²) in [5.41, 5.74) is 2.69. The maximum Gasteiger partial charge on any atom is 0.243 e. The van der Waals surface area contributed by atoms with Gasteiger partial charge in [-0.05, 0) is 63.0 Å². The van der Waals surface area contributed by atoms with Crippen LogP contribution in [0.15, 0.2) is 49.1 Å². The van der Waals surface area contributed by atoms with Crippen molar-refractivity contribution in [3.63, 3.8) is 0 Å². The van der Waals surface area contributed by atoms with Crippen molar-refractivity contribution in [2.75, 3.05) is 19.6 Å². The fraction of sp³-hybridized carbons (Fsp3) is 0.391. The van der Waals surface area contributed by atoms with E-state index in [9.17, 15) is 4.79 Å². The highest BCUT2D eigenvalue weighted by Gasteiger charge is 2.30. The van der Waals surface area contributed by atoms with Crippen molar-refractivity contribution in [3.8, 4) is 5.95 Å². The summed E-state index contributed by atoms with van der Waals surface area (Å²) in [5.74, 6) is 0.508. The van der Waals surface area contributed by atoms with Crippen LogP contribution in [0.2, 0.25) is 5.02 Å². The standard InChI is InChI=1S/C23H27ClN6O/c1-17-15-20(28-23(27-17)30-14-11-25-16-30)21(29-12-3-2-4-13-29)22(31)26-10-9-18-5-7-19(24)8-6-18/h5-8,11,14-16,21H,2-4,9-10,12-13H2,1H3,(H,26,31). The van der Waals surface area contributed by atoms with Crippen LogP contribution >= 0.6 is 11.6 Å². The molecule has 0 radical (unpaired) electrons. The van der Waals surface area contributed by atoms with Crippen LogP contribution in [-0.2, 0) is 11.2 Å². The molecule has 1 atom stereocenters. The number of likely N-dealkylation sites (tertiary alicyclic amines) is 1. The average Bonchev–Trinajstić information content (AvgIpc) is 3.31. The molecule has 1 fully saturated rings. The molecule has 3 heterocycles. The van der Waals surface area contributed by atoms with E-state index in [2.05, 4.69) is 20.2 Å². The van der Waals surface area contributed by atoms with Gasteiger partial charge in [-0.1, -0.05) is 30.2 Å². The van der Waals surface area contributed by atoms with Crippen LogP contribution < -0.4 is 5.32 Å². The molecule has 0 saturated carbocycles.